The first-order valence-electron chi connectivity index (χ1n) is 6.84. The van der Waals surface area contributed by atoms with Gasteiger partial charge >= 0.3 is 0 Å². The summed E-state index contributed by atoms with van der Waals surface area (Å²) in [7, 11) is 0. The van der Waals surface area contributed by atoms with Crippen LogP contribution in [0.5, 0.6) is 0 Å². The molecule has 0 fully saturated rings. The summed E-state index contributed by atoms with van der Waals surface area (Å²) in [5.41, 5.74) is 9.47. The molecule has 0 bridgehead atoms. The van der Waals surface area contributed by atoms with Crippen LogP contribution in [0.25, 0.3) is 5.65 Å². The number of rotatable bonds is 4. The van der Waals surface area contributed by atoms with E-state index in [2.05, 4.69) is 31.1 Å². The van der Waals surface area contributed by atoms with Crippen LogP contribution >= 0.6 is 11.6 Å². The maximum absolute atomic E-state index is 11.2. The minimum Gasteiger partial charge on any atom is -0.396 e. The molecule has 8 heteroatoms. The van der Waals surface area contributed by atoms with E-state index in [1.807, 2.05) is 4.40 Å². The molecule has 2 aromatic heterocycles. The summed E-state index contributed by atoms with van der Waals surface area (Å²) in [6.07, 6.45) is 2.45. The van der Waals surface area contributed by atoms with E-state index in [0.717, 1.165) is 5.69 Å². The van der Waals surface area contributed by atoms with E-state index in [0.29, 0.717) is 28.6 Å². The van der Waals surface area contributed by atoms with Crippen molar-refractivity contribution in [3.05, 3.63) is 23.0 Å². The van der Waals surface area contributed by atoms with Crippen LogP contribution in [0.15, 0.2) is 12.3 Å². The molecule has 0 spiro atoms. The Labute approximate surface area is 133 Å². The normalized spacial score (nSPS) is 11.7. The molecule has 0 aliphatic carbocycles. The monoisotopic (exact) mass is 325 g/mol. The van der Waals surface area contributed by atoms with Gasteiger partial charge in [-0.25, -0.2) is 10.5 Å². The van der Waals surface area contributed by atoms with Crippen LogP contribution in [0.2, 0.25) is 5.02 Å². The Morgan fingerprint density at radius 1 is 1.50 bits per heavy atom. The Morgan fingerprint density at radius 2 is 2.18 bits per heavy atom. The lowest BCUT2D eigenvalue weighted by Gasteiger charge is -2.19. The van der Waals surface area contributed by atoms with Gasteiger partial charge in [-0.05, 0) is 17.9 Å². The number of amides is 1. The zero-order valence-electron chi connectivity index (χ0n) is 12.8. The molecule has 0 atom stereocenters. The molecule has 2 heterocycles. The molecule has 1 amide bonds. The molecule has 0 aliphatic rings. The minimum absolute atomic E-state index is 0.00269. The predicted octanol–water partition coefficient (Wildman–Crippen LogP) is 2.08. The summed E-state index contributed by atoms with van der Waals surface area (Å²) in [6.45, 7) is 6.21. The molecule has 5 N–H and O–H groups in total. The Morgan fingerprint density at radius 3 is 2.77 bits per heavy atom. The number of nitrogen functional groups attached to an aromatic ring is 1. The van der Waals surface area contributed by atoms with Gasteiger partial charge in [0.2, 0.25) is 0 Å². The van der Waals surface area contributed by atoms with E-state index in [1.54, 1.807) is 17.7 Å². The Hall–Kier alpha value is -1.99. The Balaban J connectivity index is 2.51. The number of hydroxylamine groups is 1. The number of aromatic nitrogens is 2. The molecule has 0 saturated carbocycles. The highest BCUT2D eigenvalue weighted by Crippen LogP contribution is 2.30. The van der Waals surface area contributed by atoms with Gasteiger partial charge in [0.25, 0.3) is 5.91 Å². The van der Waals surface area contributed by atoms with Gasteiger partial charge in [0.15, 0.2) is 5.65 Å². The molecule has 0 aromatic carbocycles. The number of hydrogen-bond acceptors (Lipinski definition) is 5. The summed E-state index contributed by atoms with van der Waals surface area (Å²) in [5.74, 6) is -0.00254. The molecular weight excluding hydrogens is 306 g/mol. The van der Waals surface area contributed by atoms with E-state index < -0.39 is 5.91 Å². The fourth-order valence-electron chi connectivity index (χ4n) is 2.20. The first-order valence-corrected chi connectivity index (χ1v) is 7.22. The molecule has 7 nitrogen and oxygen atoms in total. The van der Waals surface area contributed by atoms with Crippen LogP contribution in [0.4, 0.5) is 11.5 Å². The highest BCUT2D eigenvalue weighted by Gasteiger charge is 2.21. The van der Waals surface area contributed by atoms with Gasteiger partial charge in [-0.1, -0.05) is 32.4 Å². The molecular formula is C14H20ClN5O2. The maximum atomic E-state index is 11.2. The van der Waals surface area contributed by atoms with E-state index in [9.17, 15) is 4.79 Å². The van der Waals surface area contributed by atoms with E-state index in [-0.39, 0.29) is 12.0 Å². The van der Waals surface area contributed by atoms with Crippen molar-refractivity contribution < 1.29 is 10.0 Å². The summed E-state index contributed by atoms with van der Waals surface area (Å²) >= 11 is 6.08. The quantitative estimate of drug-likeness (QED) is 0.509. The highest BCUT2D eigenvalue weighted by molar-refractivity contribution is 6.30. The van der Waals surface area contributed by atoms with Crippen LogP contribution in [0.3, 0.4) is 0 Å². The number of imidazole rings is 1. The number of nitrogens with zero attached hydrogens (tertiary/aromatic N) is 2. The van der Waals surface area contributed by atoms with Crippen LogP contribution in [0, 0.1) is 5.41 Å². The van der Waals surface area contributed by atoms with Gasteiger partial charge in [0.05, 0.1) is 22.9 Å². The van der Waals surface area contributed by atoms with Crippen molar-refractivity contribution in [3.8, 4) is 0 Å². The summed E-state index contributed by atoms with van der Waals surface area (Å²) in [5, 5.41) is 12.0. The minimum atomic E-state index is -0.551. The Kier molecular flexibility index (Phi) is 4.48. The van der Waals surface area contributed by atoms with Crippen LogP contribution < -0.4 is 16.5 Å². The van der Waals surface area contributed by atoms with Crippen LogP contribution in [0.1, 0.15) is 26.5 Å². The highest BCUT2D eigenvalue weighted by atomic mass is 35.5. The number of nitrogens with two attached hydrogens (primary N) is 1. The van der Waals surface area contributed by atoms with Crippen molar-refractivity contribution in [2.45, 2.75) is 27.2 Å². The van der Waals surface area contributed by atoms with Gasteiger partial charge in [-0.15, -0.1) is 0 Å². The van der Waals surface area contributed by atoms with Crippen molar-refractivity contribution in [1.82, 2.24) is 14.9 Å². The summed E-state index contributed by atoms with van der Waals surface area (Å²) < 4.78 is 1.84. The fourth-order valence-corrected chi connectivity index (χ4v) is 2.41. The topological polar surface area (TPSA) is 105 Å². The largest absolute Gasteiger partial charge is 0.396 e. The number of fused-ring (bicyclic) bond motifs is 1. The van der Waals surface area contributed by atoms with E-state index >= 15 is 0 Å². The van der Waals surface area contributed by atoms with E-state index in [1.165, 1.54) is 0 Å². The molecule has 0 radical (unpaired) electrons. The number of carbonyl (C=O) groups excluding carboxylic acids is 1. The fraction of sp³-hybridized carbons (Fsp3) is 0.429. The lowest BCUT2D eigenvalue weighted by Crippen LogP contribution is -2.27. The third-order valence-electron chi connectivity index (χ3n) is 3.05. The lowest BCUT2D eigenvalue weighted by atomic mass is 9.90. The average Bonchev–Trinajstić information content (AvgIpc) is 2.73. The van der Waals surface area contributed by atoms with E-state index in [4.69, 9.17) is 22.5 Å². The molecule has 2 rings (SSSR count). The molecule has 0 unspecified atom stereocenters. The summed E-state index contributed by atoms with van der Waals surface area (Å²) in [4.78, 5) is 15.7. The first-order chi connectivity index (χ1) is 10.2. The molecule has 2 aromatic rings. The lowest BCUT2D eigenvalue weighted by molar-refractivity contribution is -0.127. The predicted molar refractivity (Wildman–Crippen MR) is 86.2 cm³/mol. The van der Waals surface area contributed by atoms with Crippen LogP contribution in [-0.4, -0.2) is 27.0 Å². The van der Waals surface area contributed by atoms with Crippen molar-refractivity contribution in [2.24, 2.45) is 5.41 Å². The number of carbonyl (C=O) groups is 1. The number of halogens is 1. The van der Waals surface area contributed by atoms with Gasteiger partial charge in [0.1, 0.15) is 5.82 Å². The van der Waals surface area contributed by atoms with Gasteiger partial charge < -0.3 is 11.1 Å². The Bertz CT molecular complexity index is 705. The van der Waals surface area contributed by atoms with Crippen molar-refractivity contribution in [1.29, 1.82) is 0 Å². The number of nitrogens with one attached hydrogen (secondary N) is 2. The van der Waals surface area contributed by atoms with Crippen LogP contribution in [-0.2, 0) is 11.2 Å². The van der Waals surface area contributed by atoms with Gasteiger partial charge in [-0.3, -0.25) is 14.4 Å². The average molecular weight is 326 g/mol. The standard InChI is InChI=1S/C14H20ClN5O2/c1-14(2,3)5-10-12(17-6-11(21)19-22)18-13-9(16)4-8(15)7-20(10)13/h4,7,17,22H,5-6,16H2,1-3H3,(H,19,21). The number of anilines is 2. The molecule has 0 saturated heterocycles. The van der Waals surface area contributed by atoms with Gasteiger partial charge in [-0.2, -0.15) is 0 Å². The SMILES string of the molecule is CC(C)(C)Cc1c(NCC(=O)NO)nc2c(N)cc(Cl)cn12. The molecule has 120 valence electrons. The summed E-state index contributed by atoms with van der Waals surface area (Å²) in [6, 6.07) is 1.63. The number of hydrogen-bond donors (Lipinski definition) is 4. The maximum Gasteiger partial charge on any atom is 0.262 e. The molecule has 22 heavy (non-hydrogen) atoms. The number of pyridine rings is 1. The third kappa shape index (κ3) is 3.61. The zero-order chi connectivity index (χ0) is 16.5. The second-order valence-corrected chi connectivity index (χ2v) is 6.78. The zero-order valence-corrected chi connectivity index (χ0v) is 13.5. The smallest absolute Gasteiger partial charge is 0.262 e. The second kappa shape index (κ2) is 6.02. The van der Waals surface area contributed by atoms with Crippen molar-refractivity contribution in [3.63, 3.8) is 0 Å². The second-order valence-electron chi connectivity index (χ2n) is 6.34. The van der Waals surface area contributed by atoms with Gasteiger partial charge in [0, 0.05) is 6.20 Å². The third-order valence-corrected chi connectivity index (χ3v) is 3.26. The first kappa shape index (κ1) is 16.4. The van der Waals surface area contributed by atoms with Crippen molar-refractivity contribution >= 4 is 34.7 Å². The molecule has 0 aliphatic heterocycles. The van der Waals surface area contributed by atoms with Crippen molar-refractivity contribution in [2.75, 3.05) is 17.6 Å².